The van der Waals surface area contributed by atoms with Crippen LogP contribution in [0.3, 0.4) is 0 Å². The minimum Gasteiger partial charge on any atom is -0.370 e. The molecule has 0 rings (SSSR count). The van der Waals surface area contributed by atoms with Crippen LogP contribution in [0.15, 0.2) is 0 Å². The number of hydrogen-bond acceptors (Lipinski definition) is 1. The molecule has 0 heterocycles. The van der Waals surface area contributed by atoms with Crippen molar-refractivity contribution in [3.05, 3.63) is 0 Å². The molecule has 0 saturated carbocycles. The molecule has 0 unspecified atom stereocenters. The fraction of sp³-hybridized carbons (Fsp3) is 0.500. The van der Waals surface area contributed by atoms with Crippen LogP contribution in [-0.4, -0.2) is 5.91 Å². The van der Waals surface area contributed by atoms with E-state index in [4.69, 9.17) is 0 Å². The van der Waals surface area contributed by atoms with Crippen molar-refractivity contribution in [2.45, 2.75) is 6.92 Å². The van der Waals surface area contributed by atoms with Crippen molar-refractivity contribution in [2.24, 2.45) is 5.73 Å². The van der Waals surface area contributed by atoms with Crippen LogP contribution in [0.1, 0.15) is 6.92 Å². The molecule has 0 aromatic rings. The molecule has 0 aromatic carbocycles. The number of hydrogen-bond donors (Lipinski definition) is 1. The largest absolute Gasteiger partial charge is 2.00 e. The molecule has 3 heteroatoms. The Bertz CT molecular complexity index is 32.6. The summed E-state index contributed by atoms with van der Waals surface area (Å²) in [5, 5.41) is 0. The standard InChI is InChI=1S/C2H5NO.Fe/c1-2(3)4;/h1H3,(H2,3,4);/q;+2. The van der Waals surface area contributed by atoms with E-state index in [1.165, 1.54) is 6.92 Å². The van der Waals surface area contributed by atoms with Gasteiger partial charge in [-0.3, -0.25) is 4.79 Å². The van der Waals surface area contributed by atoms with E-state index < -0.39 is 0 Å². The second-order valence-corrected chi connectivity index (χ2v) is 0.611. The van der Waals surface area contributed by atoms with Gasteiger partial charge >= 0.3 is 17.1 Å². The van der Waals surface area contributed by atoms with Gasteiger partial charge in [0.15, 0.2) is 0 Å². The average Bonchev–Trinajstić information content (AvgIpc) is 0.811. The summed E-state index contributed by atoms with van der Waals surface area (Å²) in [4.78, 5) is 9.22. The van der Waals surface area contributed by atoms with E-state index in [0.717, 1.165) is 0 Å². The molecule has 2 nitrogen and oxygen atoms in total. The zero-order chi connectivity index (χ0) is 3.58. The van der Waals surface area contributed by atoms with Crippen molar-refractivity contribution >= 4 is 5.91 Å². The second-order valence-electron chi connectivity index (χ2n) is 0.611. The minimum atomic E-state index is -0.333. The fourth-order valence-electron chi connectivity index (χ4n) is 0. The summed E-state index contributed by atoms with van der Waals surface area (Å²) < 4.78 is 0. The number of carbonyl (C=O) groups excluding carboxylic acids is 1. The van der Waals surface area contributed by atoms with Crippen LogP contribution in [0.5, 0.6) is 0 Å². The predicted molar refractivity (Wildman–Crippen MR) is 14.9 cm³/mol. The number of carbonyl (C=O) groups is 1. The van der Waals surface area contributed by atoms with Crippen LogP contribution in [0.4, 0.5) is 0 Å². The third-order valence-corrected chi connectivity index (χ3v) is 0. The molecule has 0 bridgehead atoms. The van der Waals surface area contributed by atoms with Crippen molar-refractivity contribution < 1.29 is 21.9 Å². The Labute approximate surface area is 41.2 Å². The Balaban J connectivity index is 0. The van der Waals surface area contributed by atoms with E-state index in [1.807, 2.05) is 0 Å². The van der Waals surface area contributed by atoms with Crippen molar-refractivity contribution in [3.63, 3.8) is 0 Å². The summed E-state index contributed by atoms with van der Waals surface area (Å²) in [6, 6.07) is 0. The van der Waals surface area contributed by atoms with E-state index in [-0.39, 0.29) is 23.0 Å². The van der Waals surface area contributed by atoms with Gasteiger partial charge in [0.2, 0.25) is 5.91 Å². The van der Waals surface area contributed by atoms with Gasteiger partial charge in [-0.15, -0.1) is 0 Å². The molecule has 5 heavy (non-hydrogen) atoms. The first-order valence-electron chi connectivity index (χ1n) is 0.993. The summed E-state index contributed by atoms with van der Waals surface area (Å²) in [6.45, 7) is 1.31. The molecule has 2 N–H and O–H groups in total. The van der Waals surface area contributed by atoms with Gasteiger partial charge in [0, 0.05) is 6.92 Å². The zero-order valence-electron chi connectivity index (χ0n) is 2.84. The molecular weight excluding hydrogens is 110 g/mol. The first-order chi connectivity index (χ1) is 1.73. The molecule has 30 valence electrons. The SMILES string of the molecule is CC(N)=O.[Fe+2]. The molecule has 1 amide bonds. The van der Waals surface area contributed by atoms with Gasteiger partial charge in [0.1, 0.15) is 0 Å². The second kappa shape index (κ2) is 3.99. The van der Waals surface area contributed by atoms with Crippen molar-refractivity contribution in [2.75, 3.05) is 0 Å². The van der Waals surface area contributed by atoms with Crippen LogP contribution in [0.2, 0.25) is 0 Å². The summed E-state index contributed by atoms with van der Waals surface area (Å²) in [7, 11) is 0. The van der Waals surface area contributed by atoms with Crippen LogP contribution < -0.4 is 5.73 Å². The quantitative estimate of drug-likeness (QED) is 0.424. The Morgan fingerprint density at radius 3 is 1.80 bits per heavy atom. The zero-order valence-corrected chi connectivity index (χ0v) is 3.94. The Morgan fingerprint density at radius 2 is 1.80 bits per heavy atom. The smallest absolute Gasteiger partial charge is 0.370 e. The van der Waals surface area contributed by atoms with E-state index in [0.29, 0.717) is 0 Å². The molecule has 0 spiro atoms. The van der Waals surface area contributed by atoms with Crippen LogP contribution in [0.25, 0.3) is 0 Å². The van der Waals surface area contributed by atoms with Gasteiger partial charge in [-0.05, 0) is 0 Å². The van der Waals surface area contributed by atoms with Gasteiger partial charge in [0.05, 0.1) is 0 Å². The Hall–Kier alpha value is -0.0105. The Morgan fingerprint density at radius 1 is 1.80 bits per heavy atom. The maximum Gasteiger partial charge on any atom is 2.00 e. The summed E-state index contributed by atoms with van der Waals surface area (Å²) in [5.74, 6) is -0.333. The number of primary amides is 1. The minimum absolute atomic E-state index is 0. The van der Waals surface area contributed by atoms with Crippen molar-refractivity contribution in [1.29, 1.82) is 0 Å². The average molecular weight is 115 g/mol. The first-order valence-corrected chi connectivity index (χ1v) is 0.993. The summed E-state index contributed by atoms with van der Waals surface area (Å²) in [6.07, 6.45) is 0. The molecule has 0 aliphatic rings. The number of rotatable bonds is 0. The molecule has 0 radical (unpaired) electrons. The molecule has 0 aliphatic heterocycles. The molecule has 0 atom stereocenters. The summed E-state index contributed by atoms with van der Waals surface area (Å²) >= 11 is 0. The van der Waals surface area contributed by atoms with Gasteiger partial charge in [-0.25, -0.2) is 0 Å². The summed E-state index contributed by atoms with van der Waals surface area (Å²) in [5.41, 5.74) is 4.47. The first kappa shape index (κ1) is 8.89. The number of amides is 1. The van der Waals surface area contributed by atoms with Crippen LogP contribution in [-0.2, 0) is 21.9 Å². The molecule has 0 fully saturated rings. The fourth-order valence-corrected chi connectivity index (χ4v) is 0. The number of nitrogens with two attached hydrogens (primary N) is 1. The van der Waals surface area contributed by atoms with Gasteiger partial charge < -0.3 is 5.73 Å². The third kappa shape index (κ3) is 143000. The van der Waals surface area contributed by atoms with E-state index >= 15 is 0 Å². The Kier molecular flexibility index (Phi) is 7.09. The predicted octanol–water partition coefficient (Wildman–Crippen LogP) is -0.511. The topological polar surface area (TPSA) is 43.1 Å². The van der Waals surface area contributed by atoms with E-state index in [2.05, 4.69) is 5.73 Å². The molecule has 0 aromatic heterocycles. The molecule has 0 saturated heterocycles. The third-order valence-electron chi connectivity index (χ3n) is 0. The normalized spacial score (nSPS) is 5.00. The van der Waals surface area contributed by atoms with Gasteiger partial charge in [-0.1, -0.05) is 0 Å². The van der Waals surface area contributed by atoms with Crippen LogP contribution >= 0.6 is 0 Å². The maximum absolute atomic E-state index is 9.22. The van der Waals surface area contributed by atoms with E-state index in [1.54, 1.807) is 0 Å². The van der Waals surface area contributed by atoms with Gasteiger partial charge in [0.25, 0.3) is 0 Å². The maximum atomic E-state index is 9.22. The van der Waals surface area contributed by atoms with Gasteiger partial charge in [-0.2, -0.15) is 0 Å². The monoisotopic (exact) mass is 115 g/mol. The van der Waals surface area contributed by atoms with Crippen molar-refractivity contribution in [3.8, 4) is 0 Å². The molecule has 0 aliphatic carbocycles. The van der Waals surface area contributed by atoms with Crippen LogP contribution in [0, 0.1) is 0 Å². The van der Waals surface area contributed by atoms with E-state index in [9.17, 15) is 4.79 Å². The molecular formula is C2H5FeNO+2. The van der Waals surface area contributed by atoms with Crippen molar-refractivity contribution in [1.82, 2.24) is 0 Å².